The third-order valence-electron chi connectivity index (χ3n) is 4.07. The number of hydrogen-bond acceptors (Lipinski definition) is 4. The van der Waals surface area contributed by atoms with Crippen LogP contribution in [0.5, 0.6) is 0 Å². The van der Waals surface area contributed by atoms with Crippen LogP contribution in [-0.4, -0.2) is 52.9 Å². The third kappa shape index (κ3) is 3.45. The Bertz CT molecular complexity index is 751. The van der Waals surface area contributed by atoms with Crippen LogP contribution in [-0.2, 0) is 11.2 Å². The predicted octanol–water partition coefficient (Wildman–Crippen LogP) is 1.65. The number of nitrogens with zero attached hydrogens (tertiary/aromatic N) is 3. The minimum absolute atomic E-state index is 0.0309. The lowest BCUT2D eigenvalue weighted by molar-refractivity contribution is -0.132. The first-order chi connectivity index (χ1) is 11.5. The number of rotatable bonds is 3. The third-order valence-corrected chi connectivity index (χ3v) is 4.07. The van der Waals surface area contributed by atoms with Gasteiger partial charge in [-0.05, 0) is 18.6 Å². The second-order valence-corrected chi connectivity index (χ2v) is 5.76. The maximum atomic E-state index is 13.6. The Kier molecular flexibility index (Phi) is 4.59. The smallest absolute Gasteiger partial charge is 0.276 e. The zero-order valence-corrected chi connectivity index (χ0v) is 13.4. The number of hydrogen-bond donors (Lipinski definition) is 0. The molecule has 1 aliphatic rings. The molecule has 24 heavy (non-hydrogen) atoms. The Morgan fingerprint density at radius 2 is 1.83 bits per heavy atom. The number of halogens is 1. The molecule has 0 radical (unpaired) electrons. The Morgan fingerprint density at radius 1 is 1.17 bits per heavy atom. The summed E-state index contributed by atoms with van der Waals surface area (Å²) in [5.74, 6) is -0.129. The number of piperazine rings is 1. The number of carbonyl (C=O) groups is 2. The Morgan fingerprint density at radius 3 is 2.46 bits per heavy atom. The van der Waals surface area contributed by atoms with Gasteiger partial charge in [-0.25, -0.2) is 4.39 Å². The molecule has 1 aromatic heterocycles. The normalized spacial score (nSPS) is 14.8. The van der Waals surface area contributed by atoms with Crippen molar-refractivity contribution < 1.29 is 18.5 Å². The van der Waals surface area contributed by atoms with Crippen LogP contribution < -0.4 is 0 Å². The van der Waals surface area contributed by atoms with E-state index in [0.29, 0.717) is 37.5 Å². The molecule has 2 amide bonds. The summed E-state index contributed by atoms with van der Waals surface area (Å²) in [5, 5.41) is 3.72. The molecule has 1 aliphatic heterocycles. The van der Waals surface area contributed by atoms with Crippen molar-refractivity contribution in [3.05, 3.63) is 53.2 Å². The van der Waals surface area contributed by atoms with E-state index in [1.807, 2.05) is 0 Å². The minimum Gasteiger partial charge on any atom is -0.361 e. The van der Waals surface area contributed by atoms with Gasteiger partial charge < -0.3 is 14.3 Å². The largest absolute Gasteiger partial charge is 0.361 e. The summed E-state index contributed by atoms with van der Waals surface area (Å²) in [5.41, 5.74) is 0.665. The van der Waals surface area contributed by atoms with Crippen molar-refractivity contribution in [1.29, 1.82) is 0 Å². The summed E-state index contributed by atoms with van der Waals surface area (Å²) < 4.78 is 18.6. The lowest BCUT2D eigenvalue weighted by Gasteiger charge is -2.34. The van der Waals surface area contributed by atoms with E-state index >= 15 is 0 Å². The van der Waals surface area contributed by atoms with Gasteiger partial charge in [-0.1, -0.05) is 23.4 Å². The van der Waals surface area contributed by atoms with Gasteiger partial charge in [0.1, 0.15) is 11.6 Å². The van der Waals surface area contributed by atoms with Gasteiger partial charge in [-0.15, -0.1) is 0 Å². The highest BCUT2D eigenvalue weighted by molar-refractivity contribution is 5.92. The molecule has 0 bridgehead atoms. The van der Waals surface area contributed by atoms with Gasteiger partial charge in [0.2, 0.25) is 5.91 Å². The average Bonchev–Trinajstić information content (AvgIpc) is 3.03. The van der Waals surface area contributed by atoms with Gasteiger partial charge in [0, 0.05) is 32.2 Å². The van der Waals surface area contributed by atoms with Gasteiger partial charge in [-0.3, -0.25) is 9.59 Å². The summed E-state index contributed by atoms with van der Waals surface area (Å²) in [4.78, 5) is 27.9. The van der Waals surface area contributed by atoms with Crippen molar-refractivity contribution >= 4 is 11.8 Å². The molecule has 3 rings (SSSR count). The molecule has 1 fully saturated rings. The van der Waals surface area contributed by atoms with Crippen LogP contribution in [0, 0.1) is 12.7 Å². The first kappa shape index (κ1) is 16.2. The molecule has 1 aromatic carbocycles. The predicted molar refractivity (Wildman–Crippen MR) is 83.8 cm³/mol. The lowest BCUT2D eigenvalue weighted by Crippen LogP contribution is -2.51. The SMILES string of the molecule is Cc1cc(C(=O)N2CCN(C(=O)Cc3ccccc3F)CC2)no1. The van der Waals surface area contributed by atoms with E-state index in [-0.39, 0.29) is 29.7 Å². The molecule has 2 aromatic rings. The fraction of sp³-hybridized carbons (Fsp3) is 0.353. The average molecular weight is 331 g/mol. The van der Waals surface area contributed by atoms with Crippen LogP contribution in [0.25, 0.3) is 0 Å². The van der Waals surface area contributed by atoms with Crippen LogP contribution in [0.4, 0.5) is 4.39 Å². The first-order valence-electron chi connectivity index (χ1n) is 7.78. The summed E-state index contributed by atoms with van der Waals surface area (Å²) in [6.07, 6.45) is 0.0309. The van der Waals surface area contributed by atoms with Crippen LogP contribution in [0.3, 0.4) is 0 Å². The second-order valence-electron chi connectivity index (χ2n) is 5.76. The molecule has 2 heterocycles. The molecule has 0 N–H and O–H groups in total. The highest BCUT2D eigenvalue weighted by Crippen LogP contribution is 2.12. The molecule has 126 valence electrons. The zero-order valence-electron chi connectivity index (χ0n) is 13.4. The fourth-order valence-corrected chi connectivity index (χ4v) is 2.70. The number of benzene rings is 1. The Labute approximate surface area is 138 Å². The van der Waals surface area contributed by atoms with Crippen LogP contribution in [0.2, 0.25) is 0 Å². The highest BCUT2D eigenvalue weighted by Gasteiger charge is 2.26. The van der Waals surface area contributed by atoms with E-state index < -0.39 is 0 Å². The maximum absolute atomic E-state index is 13.6. The number of carbonyl (C=O) groups excluding carboxylic acids is 2. The maximum Gasteiger partial charge on any atom is 0.276 e. The molecular weight excluding hydrogens is 313 g/mol. The van der Waals surface area contributed by atoms with Crippen molar-refractivity contribution in [3.63, 3.8) is 0 Å². The van der Waals surface area contributed by atoms with Crippen LogP contribution in [0.15, 0.2) is 34.9 Å². The first-order valence-corrected chi connectivity index (χ1v) is 7.78. The molecular formula is C17H18FN3O3. The van der Waals surface area contributed by atoms with E-state index in [9.17, 15) is 14.0 Å². The summed E-state index contributed by atoms with van der Waals surface area (Å²) in [7, 11) is 0. The molecule has 0 saturated carbocycles. The quantitative estimate of drug-likeness (QED) is 0.858. The second kappa shape index (κ2) is 6.82. The van der Waals surface area contributed by atoms with Gasteiger partial charge in [0.25, 0.3) is 5.91 Å². The highest BCUT2D eigenvalue weighted by atomic mass is 19.1. The van der Waals surface area contributed by atoms with Crippen molar-refractivity contribution in [2.24, 2.45) is 0 Å². The van der Waals surface area contributed by atoms with Gasteiger partial charge >= 0.3 is 0 Å². The van der Waals surface area contributed by atoms with E-state index in [1.165, 1.54) is 6.07 Å². The molecule has 0 unspecified atom stereocenters. The topological polar surface area (TPSA) is 66.7 Å². The van der Waals surface area contributed by atoms with Gasteiger partial charge in [-0.2, -0.15) is 0 Å². The molecule has 0 aliphatic carbocycles. The standard InChI is InChI=1S/C17H18FN3O3/c1-12-10-15(19-24-12)17(23)21-8-6-20(7-9-21)16(22)11-13-4-2-3-5-14(13)18/h2-5,10H,6-9,11H2,1H3. The minimum atomic E-state index is -0.374. The van der Waals surface area contributed by atoms with Gasteiger partial charge in [0.15, 0.2) is 5.69 Å². The number of amides is 2. The molecule has 1 saturated heterocycles. The molecule has 0 atom stereocenters. The Hall–Kier alpha value is -2.70. The summed E-state index contributed by atoms with van der Waals surface area (Å²) in [6.45, 7) is 3.43. The van der Waals surface area contributed by atoms with E-state index in [2.05, 4.69) is 5.16 Å². The molecule has 0 spiro atoms. The number of aryl methyl sites for hydroxylation is 1. The van der Waals surface area contributed by atoms with E-state index in [1.54, 1.807) is 41.0 Å². The molecule has 7 heteroatoms. The van der Waals surface area contributed by atoms with Crippen LogP contribution >= 0.6 is 0 Å². The number of aromatic nitrogens is 1. The van der Waals surface area contributed by atoms with Crippen molar-refractivity contribution in [2.45, 2.75) is 13.3 Å². The summed E-state index contributed by atoms with van der Waals surface area (Å²) >= 11 is 0. The van der Waals surface area contributed by atoms with Crippen molar-refractivity contribution in [2.75, 3.05) is 26.2 Å². The monoisotopic (exact) mass is 331 g/mol. The van der Waals surface area contributed by atoms with Crippen LogP contribution in [0.1, 0.15) is 21.8 Å². The lowest BCUT2D eigenvalue weighted by atomic mass is 10.1. The van der Waals surface area contributed by atoms with E-state index in [4.69, 9.17) is 4.52 Å². The van der Waals surface area contributed by atoms with Crippen molar-refractivity contribution in [1.82, 2.24) is 15.0 Å². The molecule has 6 nitrogen and oxygen atoms in total. The van der Waals surface area contributed by atoms with Crippen molar-refractivity contribution in [3.8, 4) is 0 Å². The fourth-order valence-electron chi connectivity index (χ4n) is 2.70. The van der Waals surface area contributed by atoms with E-state index in [0.717, 1.165) is 0 Å². The Balaban J connectivity index is 1.56. The zero-order chi connectivity index (χ0) is 17.1. The summed E-state index contributed by atoms with van der Waals surface area (Å²) in [6, 6.07) is 7.86. The van der Waals surface area contributed by atoms with Gasteiger partial charge in [0.05, 0.1) is 6.42 Å².